The molecule has 27 heavy (non-hydrogen) atoms. The molecule has 0 saturated heterocycles. The summed E-state index contributed by atoms with van der Waals surface area (Å²) in [6, 6.07) is 8.22. The number of imidazole rings is 1. The molecule has 3 aromatic rings. The fraction of sp³-hybridized carbons (Fsp3) is 0.333. The first-order valence-electron chi connectivity index (χ1n) is 9.24. The lowest BCUT2D eigenvalue weighted by atomic mass is 9.97. The Balaban J connectivity index is 2.02. The molecule has 1 amide bonds. The first-order valence-corrected chi connectivity index (χ1v) is 9.24. The number of rotatable bonds is 6. The van der Waals surface area contributed by atoms with E-state index in [-0.39, 0.29) is 0 Å². The van der Waals surface area contributed by atoms with Gasteiger partial charge in [-0.2, -0.15) is 0 Å². The minimum absolute atomic E-state index is 0.387. The molecule has 0 spiro atoms. The number of pyridine rings is 1. The molecular weight excluding hydrogens is 340 g/mol. The highest BCUT2D eigenvalue weighted by molar-refractivity contribution is 5.73. The summed E-state index contributed by atoms with van der Waals surface area (Å²) < 4.78 is 7.04. The third kappa shape index (κ3) is 3.74. The van der Waals surface area contributed by atoms with Gasteiger partial charge in [0.25, 0.3) is 0 Å². The molecule has 6 heteroatoms. The van der Waals surface area contributed by atoms with Crippen molar-refractivity contribution >= 4 is 17.4 Å². The highest BCUT2D eigenvalue weighted by Gasteiger charge is 2.14. The third-order valence-electron chi connectivity index (χ3n) is 4.98. The van der Waals surface area contributed by atoms with E-state index in [2.05, 4.69) is 42.3 Å². The van der Waals surface area contributed by atoms with Gasteiger partial charge in [0.2, 0.25) is 0 Å². The molecule has 2 aromatic heterocycles. The number of amides is 1. The van der Waals surface area contributed by atoms with E-state index in [9.17, 15) is 4.79 Å². The minimum atomic E-state index is -0.834. The first kappa shape index (κ1) is 18.8. The van der Waals surface area contributed by atoms with Crippen molar-refractivity contribution in [3.63, 3.8) is 0 Å². The van der Waals surface area contributed by atoms with Gasteiger partial charge in [0, 0.05) is 18.3 Å². The summed E-state index contributed by atoms with van der Waals surface area (Å²) in [5.74, 6) is 0.387. The van der Waals surface area contributed by atoms with E-state index in [1.807, 2.05) is 18.2 Å². The molecule has 0 aliphatic carbocycles. The Morgan fingerprint density at radius 1 is 1.22 bits per heavy atom. The molecule has 0 atom stereocenters. The van der Waals surface area contributed by atoms with Gasteiger partial charge in [0.15, 0.2) is 11.4 Å². The quantitative estimate of drug-likeness (QED) is 0.687. The smallest absolute Gasteiger partial charge is 0.409 e. The summed E-state index contributed by atoms with van der Waals surface area (Å²) in [6.07, 6.45) is 2.86. The number of nitrogens with zero attached hydrogens (tertiary/aromatic N) is 2. The molecular formula is C21H26N4O2. The topological polar surface area (TPSA) is 81.6 Å². The van der Waals surface area contributed by atoms with Crippen LogP contribution in [0.1, 0.15) is 41.9 Å². The van der Waals surface area contributed by atoms with Crippen molar-refractivity contribution in [1.82, 2.24) is 9.38 Å². The van der Waals surface area contributed by atoms with Crippen LogP contribution in [0.4, 0.5) is 10.5 Å². The number of fused-ring (bicyclic) bond motifs is 1. The van der Waals surface area contributed by atoms with Gasteiger partial charge in [-0.3, -0.25) is 4.40 Å². The van der Waals surface area contributed by atoms with Crippen LogP contribution >= 0.6 is 0 Å². The van der Waals surface area contributed by atoms with Crippen molar-refractivity contribution < 1.29 is 9.53 Å². The molecule has 6 nitrogen and oxygen atoms in total. The zero-order valence-electron chi connectivity index (χ0n) is 16.3. The van der Waals surface area contributed by atoms with E-state index < -0.39 is 6.09 Å². The van der Waals surface area contributed by atoms with Crippen LogP contribution in [0.15, 0.2) is 30.5 Å². The average Bonchev–Trinajstić information content (AvgIpc) is 2.93. The van der Waals surface area contributed by atoms with E-state index in [0.717, 1.165) is 35.6 Å². The zero-order valence-corrected chi connectivity index (χ0v) is 16.3. The molecule has 0 bridgehead atoms. The second kappa shape index (κ2) is 7.70. The van der Waals surface area contributed by atoms with Gasteiger partial charge in [-0.25, -0.2) is 9.78 Å². The lowest BCUT2D eigenvalue weighted by Gasteiger charge is -2.16. The number of carbonyl (C=O) groups is 1. The molecule has 3 rings (SSSR count). The van der Waals surface area contributed by atoms with E-state index in [0.29, 0.717) is 12.3 Å². The molecule has 0 aliphatic heterocycles. The molecule has 142 valence electrons. The Labute approximate surface area is 159 Å². The largest absolute Gasteiger partial charge is 0.410 e. The molecule has 0 fully saturated rings. The van der Waals surface area contributed by atoms with Crippen LogP contribution in [0.3, 0.4) is 0 Å². The van der Waals surface area contributed by atoms with Crippen LogP contribution in [0.25, 0.3) is 5.65 Å². The Bertz CT molecular complexity index is 969. The number of ether oxygens (including phenoxy) is 1. The van der Waals surface area contributed by atoms with Gasteiger partial charge in [-0.1, -0.05) is 32.0 Å². The van der Waals surface area contributed by atoms with Crippen LogP contribution in [-0.2, 0) is 19.4 Å². The Morgan fingerprint density at radius 2 is 1.89 bits per heavy atom. The monoisotopic (exact) mass is 366 g/mol. The molecule has 0 radical (unpaired) electrons. The maximum absolute atomic E-state index is 11.2. The second-order valence-corrected chi connectivity index (χ2v) is 6.60. The maximum Gasteiger partial charge on any atom is 0.410 e. The lowest BCUT2D eigenvalue weighted by molar-refractivity contribution is 0.210. The van der Waals surface area contributed by atoms with Gasteiger partial charge in [0.1, 0.15) is 0 Å². The second-order valence-electron chi connectivity index (χ2n) is 6.60. The highest BCUT2D eigenvalue weighted by atomic mass is 16.5. The summed E-state index contributed by atoms with van der Waals surface area (Å²) in [4.78, 5) is 15.9. The fourth-order valence-electron chi connectivity index (χ4n) is 3.41. The predicted molar refractivity (Wildman–Crippen MR) is 107 cm³/mol. The van der Waals surface area contributed by atoms with Crippen molar-refractivity contribution in [2.24, 2.45) is 5.73 Å². The van der Waals surface area contributed by atoms with E-state index in [1.165, 1.54) is 16.7 Å². The number of aromatic nitrogens is 2. The molecule has 1 aromatic carbocycles. The van der Waals surface area contributed by atoms with Gasteiger partial charge >= 0.3 is 6.09 Å². The van der Waals surface area contributed by atoms with Crippen molar-refractivity contribution in [3.05, 3.63) is 58.5 Å². The number of benzene rings is 1. The third-order valence-corrected chi connectivity index (χ3v) is 4.98. The number of primary amides is 1. The van der Waals surface area contributed by atoms with Crippen LogP contribution < -0.4 is 15.8 Å². The SMILES string of the molecule is CCc1cccc(CC)c1CNc1cc(OC(N)=O)cn2c(C)c(C)nc12. The summed E-state index contributed by atoms with van der Waals surface area (Å²) in [6.45, 7) is 8.95. The lowest BCUT2D eigenvalue weighted by Crippen LogP contribution is -2.17. The van der Waals surface area contributed by atoms with Crippen molar-refractivity contribution in [1.29, 1.82) is 0 Å². The number of anilines is 1. The Morgan fingerprint density at radius 3 is 2.48 bits per heavy atom. The normalized spacial score (nSPS) is 11.0. The van der Waals surface area contributed by atoms with Gasteiger partial charge in [-0.15, -0.1) is 0 Å². The fourth-order valence-corrected chi connectivity index (χ4v) is 3.41. The number of carbonyl (C=O) groups excluding carboxylic acids is 1. The zero-order chi connectivity index (χ0) is 19.6. The number of aryl methyl sites for hydroxylation is 4. The predicted octanol–water partition coefficient (Wildman–Crippen LogP) is 4.15. The molecule has 2 heterocycles. The van der Waals surface area contributed by atoms with Crippen LogP contribution in [0, 0.1) is 13.8 Å². The van der Waals surface area contributed by atoms with Gasteiger partial charge in [0.05, 0.1) is 17.6 Å². The summed E-state index contributed by atoms with van der Waals surface area (Å²) in [7, 11) is 0. The first-order chi connectivity index (χ1) is 12.9. The maximum atomic E-state index is 11.2. The summed E-state index contributed by atoms with van der Waals surface area (Å²) in [5.41, 5.74) is 12.7. The minimum Gasteiger partial charge on any atom is -0.409 e. The van der Waals surface area contributed by atoms with Crippen molar-refractivity contribution in [2.75, 3.05) is 5.32 Å². The van der Waals surface area contributed by atoms with E-state index in [1.54, 1.807) is 12.3 Å². The number of hydrogen-bond acceptors (Lipinski definition) is 4. The van der Waals surface area contributed by atoms with E-state index >= 15 is 0 Å². The molecule has 0 unspecified atom stereocenters. The van der Waals surface area contributed by atoms with Crippen LogP contribution in [-0.4, -0.2) is 15.5 Å². The standard InChI is InChI=1S/C21H26N4O2/c1-5-15-8-7-9-16(6-2)18(15)11-23-19-10-17(27-21(22)26)12-25-14(4)13(3)24-20(19)25/h7-10,12,23H,5-6,11H2,1-4H3,(H2,22,26). The van der Waals surface area contributed by atoms with Crippen molar-refractivity contribution in [2.45, 2.75) is 47.1 Å². The summed E-state index contributed by atoms with van der Waals surface area (Å²) >= 11 is 0. The molecule has 0 aliphatic rings. The Hall–Kier alpha value is -3.02. The summed E-state index contributed by atoms with van der Waals surface area (Å²) in [5, 5.41) is 3.49. The van der Waals surface area contributed by atoms with Crippen LogP contribution in [0.2, 0.25) is 0 Å². The van der Waals surface area contributed by atoms with Crippen LogP contribution in [0.5, 0.6) is 5.75 Å². The number of nitrogens with one attached hydrogen (secondary N) is 1. The van der Waals surface area contributed by atoms with E-state index in [4.69, 9.17) is 10.5 Å². The van der Waals surface area contributed by atoms with Gasteiger partial charge in [-0.05, 0) is 43.4 Å². The average molecular weight is 366 g/mol. The highest BCUT2D eigenvalue weighted by Crippen LogP contribution is 2.27. The number of nitrogens with two attached hydrogens (primary N) is 1. The Kier molecular flexibility index (Phi) is 5.35. The van der Waals surface area contributed by atoms with Crippen molar-refractivity contribution in [3.8, 4) is 5.75 Å². The molecule has 0 saturated carbocycles. The molecule has 3 N–H and O–H groups in total. The number of hydrogen-bond donors (Lipinski definition) is 2. The van der Waals surface area contributed by atoms with Gasteiger partial charge < -0.3 is 15.8 Å².